The number of hydrogen-bond acceptors (Lipinski definition) is 5. The van der Waals surface area contributed by atoms with Gasteiger partial charge in [0, 0.05) is 20.8 Å². The number of carbonyl (C=O) groups is 3. The summed E-state index contributed by atoms with van der Waals surface area (Å²) >= 11 is 0. The molecule has 0 heterocycles. The molecule has 0 aliphatic carbocycles. The summed E-state index contributed by atoms with van der Waals surface area (Å²) in [7, 11) is 0. The van der Waals surface area contributed by atoms with Gasteiger partial charge in [-0.05, 0) is 19.3 Å². The normalized spacial score (nSPS) is 9.59. The summed E-state index contributed by atoms with van der Waals surface area (Å²) in [5.41, 5.74) is 0. The molecule has 0 aromatic heterocycles. The average Bonchev–Trinajstić information content (AvgIpc) is 2.20. The van der Waals surface area contributed by atoms with Crippen molar-refractivity contribution in [3.05, 3.63) is 0 Å². The monoisotopic (exact) mass is 245 g/mol. The third kappa shape index (κ3) is 9.35. The number of hydroxylamine groups is 2. The van der Waals surface area contributed by atoms with E-state index in [9.17, 15) is 14.4 Å². The summed E-state index contributed by atoms with van der Waals surface area (Å²) in [6.45, 7) is 4.68. The summed E-state index contributed by atoms with van der Waals surface area (Å²) in [4.78, 5) is 36.9. The van der Waals surface area contributed by atoms with Crippen LogP contribution in [0.25, 0.3) is 0 Å². The molecule has 0 atom stereocenters. The van der Waals surface area contributed by atoms with Crippen LogP contribution >= 0.6 is 0 Å². The summed E-state index contributed by atoms with van der Waals surface area (Å²) in [6, 6.07) is 0. The van der Waals surface area contributed by atoms with E-state index < -0.39 is 5.97 Å². The lowest BCUT2D eigenvalue weighted by atomic mass is 10.2. The van der Waals surface area contributed by atoms with Crippen LogP contribution in [0.4, 0.5) is 0 Å². The zero-order valence-electron chi connectivity index (χ0n) is 10.5. The number of amides is 1. The minimum absolute atomic E-state index is 0.296. The van der Waals surface area contributed by atoms with Crippen LogP contribution in [-0.2, 0) is 24.0 Å². The molecule has 0 saturated carbocycles. The predicted molar refractivity (Wildman–Crippen MR) is 59.6 cm³/mol. The molecule has 6 nitrogen and oxygen atoms in total. The Kier molecular flexibility index (Phi) is 7.75. The van der Waals surface area contributed by atoms with Gasteiger partial charge in [0.15, 0.2) is 0 Å². The molecular formula is C11H19NO5. The molecule has 0 aromatic carbocycles. The fourth-order valence-corrected chi connectivity index (χ4v) is 1.17. The van der Waals surface area contributed by atoms with Crippen LogP contribution in [0.5, 0.6) is 0 Å². The van der Waals surface area contributed by atoms with E-state index in [1.807, 2.05) is 0 Å². The van der Waals surface area contributed by atoms with E-state index in [-0.39, 0.29) is 11.9 Å². The second-order valence-electron chi connectivity index (χ2n) is 3.60. The van der Waals surface area contributed by atoms with Gasteiger partial charge in [0.2, 0.25) is 0 Å². The zero-order valence-corrected chi connectivity index (χ0v) is 10.5. The standard InChI is InChI=1S/C11H19NO5/c1-9(13)12(17-11(3)15)7-5-4-6-8-16-10(2)14/h4-8H2,1-3H3. The second kappa shape index (κ2) is 8.55. The van der Waals surface area contributed by atoms with E-state index in [2.05, 4.69) is 0 Å². The minimum Gasteiger partial charge on any atom is -0.466 e. The van der Waals surface area contributed by atoms with E-state index in [0.717, 1.165) is 17.9 Å². The molecule has 0 radical (unpaired) electrons. The quantitative estimate of drug-likeness (QED) is 0.397. The van der Waals surface area contributed by atoms with Crippen molar-refractivity contribution in [2.75, 3.05) is 13.2 Å². The third-order valence-electron chi connectivity index (χ3n) is 1.90. The Morgan fingerprint density at radius 1 is 0.941 bits per heavy atom. The zero-order chi connectivity index (χ0) is 13.3. The summed E-state index contributed by atoms with van der Waals surface area (Å²) < 4.78 is 4.76. The van der Waals surface area contributed by atoms with Gasteiger partial charge in [0.25, 0.3) is 5.91 Å². The third-order valence-corrected chi connectivity index (χ3v) is 1.90. The fourth-order valence-electron chi connectivity index (χ4n) is 1.17. The molecule has 0 aliphatic heterocycles. The van der Waals surface area contributed by atoms with Crippen molar-refractivity contribution >= 4 is 17.8 Å². The van der Waals surface area contributed by atoms with Crippen molar-refractivity contribution in [1.29, 1.82) is 0 Å². The molecule has 0 rings (SSSR count). The van der Waals surface area contributed by atoms with Crippen LogP contribution in [0.15, 0.2) is 0 Å². The van der Waals surface area contributed by atoms with Crippen molar-refractivity contribution in [2.45, 2.75) is 40.0 Å². The van der Waals surface area contributed by atoms with Gasteiger partial charge in [-0.3, -0.25) is 14.4 Å². The molecule has 0 aliphatic rings. The predicted octanol–water partition coefficient (Wildman–Crippen LogP) is 1.05. The van der Waals surface area contributed by atoms with E-state index >= 15 is 0 Å². The van der Waals surface area contributed by atoms with E-state index in [4.69, 9.17) is 9.57 Å². The molecule has 0 spiro atoms. The number of rotatable bonds is 6. The molecule has 0 bridgehead atoms. The highest BCUT2D eigenvalue weighted by atomic mass is 16.7. The van der Waals surface area contributed by atoms with Gasteiger partial charge in [-0.15, -0.1) is 0 Å². The van der Waals surface area contributed by atoms with Crippen molar-refractivity contribution in [1.82, 2.24) is 5.06 Å². The molecule has 98 valence electrons. The molecule has 17 heavy (non-hydrogen) atoms. The van der Waals surface area contributed by atoms with Crippen molar-refractivity contribution < 1.29 is 24.0 Å². The highest BCUT2D eigenvalue weighted by Gasteiger charge is 2.11. The summed E-state index contributed by atoms with van der Waals surface area (Å²) in [5, 5.41) is 1.04. The van der Waals surface area contributed by atoms with E-state index in [0.29, 0.717) is 19.6 Å². The Morgan fingerprint density at radius 3 is 2.06 bits per heavy atom. The number of hydrogen-bond donors (Lipinski definition) is 0. The Bertz CT molecular complexity index is 277. The van der Waals surface area contributed by atoms with Gasteiger partial charge in [-0.25, -0.2) is 0 Å². The highest BCUT2D eigenvalue weighted by Crippen LogP contribution is 2.01. The Hall–Kier alpha value is -1.59. The largest absolute Gasteiger partial charge is 0.466 e. The smallest absolute Gasteiger partial charge is 0.329 e. The Balaban J connectivity index is 3.65. The summed E-state index contributed by atoms with van der Waals surface area (Å²) in [6.07, 6.45) is 2.21. The first-order chi connectivity index (χ1) is 7.93. The van der Waals surface area contributed by atoms with Crippen LogP contribution in [-0.4, -0.2) is 36.1 Å². The molecule has 6 heteroatoms. The van der Waals surface area contributed by atoms with Crippen molar-refractivity contribution in [2.24, 2.45) is 0 Å². The molecular weight excluding hydrogens is 226 g/mol. The fraction of sp³-hybridized carbons (Fsp3) is 0.727. The molecule has 1 amide bonds. The SMILES string of the molecule is CC(=O)OCCCCCN(OC(C)=O)C(C)=O. The first kappa shape index (κ1) is 15.4. The van der Waals surface area contributed by atoms with Crippen LogP contribution in [0.1, 0.15) is 40.0 Å². The maximum absolute atomic E-state index is 11.1. The lowest BCUT2D eigenvalue weighted by molar-refractivity contribution is -0.195. The number of unbranched alkanes of at least 4 members (excludes halogenated alkanes) is 2. The number of carbonyl (C=O) groups excluding carboxylic acids is 3. The Labute approximate surface area is 101 Å². The van der Waals surface area contributed by atoms with Crippen LogP contribution in [0.2, 0.25) is 0 Å². The first-order valence-electron chi connectivity index (χ1n) is 5.53. The highest BCUT2D eigenvalue weighted by molar-refractivity contribution is 5.75. The summed E-state index contributed by atoms with van der Waals surface area (Å²) in [5.74, 6) is -1.12. The molecule has 0 N–H and O–H groups in total. The van der Waals surface area contributed by atoms with Gasteiger partial charge in [-0.1, -0.05) is 0 Å². The minimum atomic E-state index is -0.514. The number of nitrogens with zero attached hydrogens (tertiary/aromatic N) is 1. The topological polar surface area (TPSA) is 72.9 Å². The van der Waals surface area contributed by atoms with Gasteiger partial charge in [-0.2, -0.15) is 5.06 Å². The molecule has 0 saturated heterocycles. The number of esters is 1. The van der Waals surface area contributed by atoms with E-state index in [1.165, 1.54) is 20.8 Å². The maximum Gasteiger partial charge on any atom is 0.329 e. The number of ether oxygens (including phenoxy) is 1. The Morgan fingerprint density at radius 2 is 1.59 bits per heavy atom. The average molecular weight is 245 g/mol. The van der Waals surface area contributed by atoms with Gasteiger partial charge in [0.05, 0.1) is 13.2 Å². The van der Waals surface area contributed by atoms with Crippen molar-refractivity contribution in [3.8, 4) is 0 Å². The molecule has 0 aromatic rings. The maximum atomic E-state index is 11.1. The van der Waals surface area contributed by atoms with E-state index in [1.54, 1.807) is 0 Å². The van der Waals surface area contributed by atoms with Crippen LogP contribution < -0.4 is 0 Å². The van der Waals surface area contributed by atoms with Gasteiger partial charge < -0.3 is 9.57 Å². The van der Waals surface area contributed by atoms with Crippen molar-refractivity contribution in [3.63, 3.8) is 0 Å². The second-order valence-corrected chi connectivity index (χ2v) is 3.60. The lowest BCUT2D eigenvalue weighted by Gasteiger charge is -2.18. The lowest BCUT2D eigenvalue weighted by Crippen LogP contribution is -2.31. The van der Waals surface area contributed by atoms with Crippen LogP contribution in [0.3, 0.4) is 0 Å². The molecule has 0 unspecified atom stereocenters. The van der Waals surface area contributed by atoms with Gasteiger partial charge in [0.1, 0.15) is 0 Å². The molecule has 0 fully saturated rings. The van der Waals surface area contributed by atoms with Crippen LogP contribution in [0, 0.1) is 0 Å². The first-order valence-corrected chi connectivity index (χ1v) is 5.53. The van der Waals surface area contributed by atoms with Gasteiger partial charge >= 0.3 is 11.9 Å².